The van der Waals surface area contributed by atoms with Crippen molar-refractivity contribution in [1.82, 2.24) is 5.32 Å². The van der Waals surface area contributed by atoms with E-state index in [4.69, 9.17) is 0 Å². The van der Waals surface area contributed by atoms with Crippen LogP contribution in [0.1, 0.15) is 36.0 Å². The highest BCUT2D eigenvalue weighted by Crippen LogP contribution is 2.43. The maximum absolute atomic E-state index is 13.1. The number of fused-ring (bicyclic) bond motifs is 2. The summed E-state index contributed by atoms with van der Waals surface area (Å²) in [6.45, 7) is 0. The molecule has 0 aromatic heterocycles. The normalized spacial score (nSPS) is 23.6. The number of aliphatic imine (C=N–C) groups is 1. The quantitative estimate of drug-likeness (QED) is 0.801. The molecule has 0 unspecified atom stereocenters. The number of nitrogens with one attached hydrogen (secondary N) is 1. The molecule has 4 rings (SSSR count). The molecule has 1 saturated heterocycles. The molecule has 1 fully saturated rings. The Morgan fingerprint density at radius 2 is 1.89 bits per heavy atom. The lowest BCUT2D eigenvalue weighted by molar-refractivity contribution is -0.137. The molecular weight excluding hydrogens is 353 g/mol. The highest BCUT2D eigenvalue weighted by Gasteiger charge is 2.44. The molecule has 1 heterocycles. The van der Waals surface area contributed by atoms with Crippen molar-refractivity contribution < 1.29 is 18.0 Å². The number of hydrogen-bond donors (Lipinski definition) is 1. The average Bonchev–Trinajstić information content (AvgIpc) is 2.97. The van der Waals surface area contributed by atoms with Crippen molar-refractivity contribution in [2.24, 2.45) is 4.99 Å². The summed E-state index contributed by atoms with van der Waals surface area (Å²) in [5, 5.41) is 3.43. The molecule has 1 aliphatic carbocycles. The van der Waals surface area contributed by atoms with Gasteiger partial charge in [-0.2, -0.15) is 13.2 Å². The predicted molar refractivity (Wildman–Crippen MR) is 97.6 cm³/mol. The van der Waals surface area contributed by atoms with Crippen molar-refractivity contribution in [3.8, 4) is 11.1 Å². The van der Waals surface area contributed by atoms with Gasteiger partial charge in [-0.25, -0.2) is 0 Å². The minimum Gasteiger partial charge on any atom is -0.363 e. The van der Waals surface area contributed by atoms with Crippen LogP contribution in [-0.2, 0) is 22.9 Å². The second-order valence-electron chi connectivity index (χ2n) is 7.22. The zero-order chi connectivity index (χ0) is 19.2. The van der Waals surface area contributed by atoms with E-state index in [1.54, 1.807) is 13.1 Å². The van der Waals surface area contributed by atoms with Gasteiger partial charge in [0.05, 0.1) is 17.5 Å². The molecule has 1 spiro atoms. The molecule has 0 radical (unpaired) electrons. The standard InChI is InChI=1S/C21H19F3N2O/c1-25-19-11-17(27)12-20(26-19)8-7-13-5-6-15(10-18(13)20)14-3-2-4-16(9-14)21(22,23)24/h2-6,9-10H,7-8,11-12H2,1H3,(H,25,26)/t20-/m0/s1. The van der Waals surface area contributed by atoms with Crippen LogP contribution in [0.2, 0.25) is 0 Å². The van der Waals surface area contributed by atoms with Gasteiger partial charge < -0.3 is 5.32 Å². The lowest BCUT2D eigenvalue weighted by Gasteiger charge is -2.36. The van der Waals surface area contributed by atoms with Gasteiger partial charge >= 0.3 is 6.18 Å². The van der Waals surface area contributed by atoms with Gasteiger partial charge in [-0.1, -0.05) is 24.3 Å². The third-order valence-electron chi connectivity index (χ3n) is 5.49. The number of carbonyl (C=O) groups excluding carboxylic acids is 1. The zero-order valence-electron chi connectivity index (χ0n) is 14.9. The lowest BCUT2D eigenvalue weighted by Crippen LogP contribution is -2.50. The minimum absolute atomic E-state index is 0.131. The van der Waals surface area contributed by atoms with E-state index in [1.165, 1.54) is 12.1 Å². The Kier molecular flexibility index (Phi) is 4.09. The summed E-state index contributed by atoms with van der Waals surface area (Å²) >= 11 is 0. The van der Waals surface area contributed by atoms with Crippen LogP contribution in [0.25, 0.3) is 11.1 Å². The number of ketones is 1. The molecule has 0 amide bonds. The van der Waals surface area contributed by atoms with E-state index >= 15 is 0 Å². The van der Waals surface area contributed by atoms with Crippen LogP contribution in [0.3, 0.4) is 0 Å². The van der Waals surface area contributed by atoms with Gasteiger partial charge in [-0.3, -0.25) is 9.79 Å². The second-order valence-corrected chi connectivity index (χ2v) is 7.22. The first-order chi connectivity index (χ1) is 12.8. The van der Waals surface area contributed by atoms with E-state index in [9.17, 15) is 18.0 Å². The Morgan fingerprint density at radius 3 is 2.63 bits per heavy atom. The Labute approximate surface area is 155 Å². The Hall–Kier alpha value is -2.63. The first-order valence-electron chi connectivity index (χ1n) is 8.87. The molecule has 2 aliphatic rings. The zero-order valence-corrected chi connectivity index (χ0v) is 14.9. The number of Topliss-reactive ketones (excluding diaryl/α,β-unsaturated/α-hetero) is 1. The van der Waals surface area contributed by atoms with Gasteiger partial charge in [0.1, 0.15) is 11.6 Å². The van der Waals surface area contributed by atoms with Gasteiger partial charge in [-0.15, -0.1) is 0 Å². The van der Waals surface area contributed by atoms with Gasteiger partial charge in [-0.05, 0) is 53.3 Å². The number of halogens is 3. The number of nitrogens with zero attached hydrogens (tertiary/aromatic N) is 1. The first-order valence-corrected chi connectivity index (χ1v) is 8.87. The van der Waals surface area contributed by atoms with E-state index in [1.807, 2.05) is 18.2 Å². The highest BCUT2D eigenvalue weighted by atomic mass is 19.4. The van der Waals surface area contributed by atoms with Gasteiger partial charge in [0.2, 0.25) is 0 Å². The molecule has 0 bridgehead atoms. The van der Waals surface area contributed by atoms with Crippen LogP contribution in [-0.4, -0.2) is 18.7 Å². The maximum Gasteiger partial charge on any atom is 0.416 e. The van der Waals surface area contributed by atoms with E-state index in [-0.39, 0.29) is 5.78 Å². The van der Waals surface area contributed by atoms with Crippen molar-refractivity contribution in [3.63, 3.8) is 0 Å². The molecule has 3 nitrogen and oxygen atoms in total. The molecule has 27 heavy (non-hydrogen) atoms. The topological polar surface area (TPSA) is 41.5 Å². The van der Waals surface area contributed by atoms with E-state index in [0.717, 1.165) is 35.6 Å². The number of rotatable bonds is 1. The number of piperidine rings is 1. The second kappa shape index (κ2) is 6.22. The predicted octanol–water partition coefficient (Wildman–Crippen LogP) is 4.49. The van der Waals surface area contributed by atoms with Crippen molar-refractivity contribution in [2.45, 2.75) is 37.4 Å². The summed E-state index contributed by atoms with van der Waals surface area (Å²) < 4.78 is 39.2. The molecule has 2 aromatic carbocycles. The molecule has 0 saturated carbocycles. The molecule has 1 N–H and O–H groups in total. The van der Waals surface area contributed by atoms with Crippen LogP contribution in [0, 0.1) is 0 Å². The summed E-state index contributed by atoms with van der Waals surface area (Å²) in [6.07, 6.45) is -2.08. The molecule has 6 heteroatoms. The summed E-state index contributed by atoms with van der Waals surface area (Å²) in [5.74, 6) is 0.801. The summed E-state index contributed by atoms with van der Waals surface area (Å²) in [7, 11) is 1.66. The fourth-order valence-electron chi connectivity index (χ4n) is 4.18. The molecular formula is C21H19F3N2O. The van der Waals surface area contributed by atoms with Crippen LogP contribution >= 0.6 is 0 Å². The Morgan fingerprint density at radius 1 is 1.11 bits per heavy atom. The van der Waals surface area contributed by atoms with Gasteiger partial charge in [0, 0.05) is 13.5 Å². The van der Waals surface area contributed by atoms with Crippen LogP contribution in [0.4, 0.5) is 13.2 Å². The molecule has 1 aliphatic heterocycles. The molecule has 1 atom stereocenters. The maximum atomic E-state index is 13.1. The minimum atomic E-state index is -4.38. The van der Waals surface area contributed by atoms with Crippen LogP contribution in [0.5, 0.6) is 0 Å². The Balaban J connectivity index is 1.77. The largest absolute Gasteiger partial charge is 0.416 e. The first kappa shape index (κ1) is 17.8. The van der Waals surface area contributed by atoms with Crippen molar-refractivity contribution in [3.05, 3.63) is 59.2 Å². The fourth-order valence-corrected chi connectivity index (χ4v) is 4.18. The number of hydrogen-bond acceptors (Lipinski definition) is 2. The van der Waals surface area contributed by atoms with E-state index in [0.29, 0.717) is 24.2 Å². The van der Waals surface area contributed by atoms with Crippen LogP contribution in [0.15, 0.2) is 47.5 Å². The summed E-state index contributed by atoms with van der Waals surface area (Å²) in [5.41, 5.74) is 2.19. The van der Waals surface area contributed by atoms with Crippen LogP contribution < -0.4 is 5.32 Å². The molecule has 140 valence electrons. The Bertz CT molecular complexity index is 949. The average molecular weight is 372 g/mol. The van der Waals surface area contributed by atoms with Crippen molar-refractivity contribution >= 4 is 11.6 Å². The van der Waals surface area contributed by atoms with E-state index < -0.39 is 17.3 Å². The smallest absolute Gasteiger partial charge is 0.363 e. The number of benzene rings is 2. The third kappa shape index (κ3) is 3.13. The number of alkyl halides is 3. The monoisotopic (exact) mass is 372 g/mol. The number of carbonyl (C=O) groups is 1. The van der Waals surface area contributed by atoms with Gasteiger partial charge in [0.25, 0.3) is 0 Å². The third-order valence-corrected chi connectivity index (χ3v) is 5.49. The van der Waals surface area contributed by atoms with Gasteiger partial charge in [0.15, 0.2) is 0 Å². The van der Waals surface area contributed by atoms with Crippen molar-refractivity contribution in [1.29, 1.82) is 0 Å². The molecule has 2 aromatic rings. The number of amidine groups is 1. The number of aryl methyl sites for hydroxylation is 1. The summed E-state index contributed by atoms with van der Waals surface area (Å²) in [4.78, 5) is 16.4. The fraction of sp³-hybridized carbons (Fsp3) is 0.333. The lowest BCUT2D eigenvalue weighted by atomic mass is 9.81. The van der Waals surface area contributed by atoms with E-state index in [2.05, 4.69) is 10.3 Å². The highest BCUT2D eigenvalue weighted by molar-refractivity contribution is 6.04. The summed E-state index contributed by atoms with van der Waals surface area (Å²) in [6, 6.07) is 11.1. The SMILES string of the molecule is CN=C1CC(=O)C[C@]2(CCc3ccc(-c4cccc(C(F)(F)F)c4)cc32)N1. The van der Waals surface area contributed by atoms with Crippen molar-refractivity contribution in [2.75, 3.05) is 7.05 Å².